The number of ether oxygens (including phenoxy) is 1. The fourth-order valence-corrected chi connectivity index (χ4v) is 4.19. The van der Waals surface area contributed by atoms with E-state index in [-0.39, 0.29) is 24.3 Å². The molecule has 0 atom stereocenters. The van der Waals surface area contributed by atoms with Gasteiger partial charge >= 0.3 is 0 Å². The summed E-state index contributed by atoms with van der Waals surface area (Å²) in [5, 5.41) is -0.269. The van der Waals surface area contributed by atoms with Gasteiger partial charge in [0, 0.05) is 18.4 Å². The number of para-hydroxylation sites is 1. The molecule has 0 radical (unpaired) electrons. The van der Waals surface area contributed by atoms with Crippen molar-refractivity contribution in [3.05, 3.63) is 94.9 Å². The first-order valence-corrected chi connectivity index (χ1v) is 11.2. The Labute approximate surface area is 192 Å². The number of nitrogens with zero attached hydrogens (tertiary/aromatic N) is 2. The number of hydrogen-bond donors (Lipinski definition) is 0. The highest BCUT2D eigenvalue weighted by atomic mass is 32.2. The summed E-state index contributed by atoms with van der Waals surface area (Å²) >= 11 is 0.965. The number of aryl methyl sites for hydroxylation is 1. The minimum atomic E-state index is -0.280. The summed E-state index contributed by atoms with van der Waals surface area (Å²) in [6, 6.07) is 25.7. The minimum absolute atomic E-state index is 0.219. The average molecular weight is 445 g/mol. The molecule has 1 aliphatic heterocycles. The van der Waals surface area contributed by atoms with E-state index in [1.807, 2.05) is 92.8 Å². The van der Waals surface area contributed by atoms with Crippen molar-refractivity contribution in [2.24, 2.45) is 0 Å². The number of anilines is 2. The summed E-state index contributed by atoms with van der Waals surface area (Å²) in [6.07, 6.45) is 1.76. The summed E-state index contributed by atoms with van der Waals surface area (Å²) < 4.78 is 5.67. The van der Waals surface area contributed by atoms with E-state index in [0.29, 0.717) is 4.91 Å². The second-order valence-corrected chi connectivity index (χ2v) is 8.47. The van der Waals surface area contributed by atoms with Crippen molar-refractivity contribution in [1.82, 2.24) is 4.90 Å². The molecule has 1 fully saturated rings. The first kappa shape index (κ1) is 21.7. The monoisotopic (exact) mass is 444 g/mol. The maximum atomic E-state index is 12.7. The normalized spacial score (nSPS) is 14.8. The molecule has 1 saturated heterocycles. The SMILES string of the molecule is Cc1ccc(OCCN2C(=O)S/C(=C\c3ccc(N(C)c4ccccc4)cc3)C2=O)cc1. The van der Waals surface area contributed by atoms with Crippen molar-refractivity contribution in [2.75, 3.05) is 25.1 Å². The number of amides is 2. The van der Waals surface area contributed by atoms with Crippen LogP contribution in [-0.4, -0.2) is 36.2 Å². The van der Waals surface area contributed by atoms with E-state index in [1.54, 1.807) is 6.08 Å². The smallest absolute Gasteiger partial charge is 0.293 e. The van der Waals surface area contributed by atoms with Crippen LogP contribution in [-0.2, 0) is 4.79 Å². The van der Waals surface area contributed by atoms with Crippen molar-refractivity contribution >= 4 is 40.4 Å². The molecule has 3 aromatic rings. The standard InChI is InChI=1S/C26H24N2O3S/c1-19-8-14-23(15-9-19)31-17-16-28-25(29)24(32-26(28)30)18-20-10-12-22(13-11-20)27(2)21-6-4-3-5-7-21/h3-15,18H,16-17H2,1-2H3/b24-18-. The molecule has 6 heteroatoms. The maximum Gasteiger partial charge on any atom is 0.293 e. The molecule has 3 aromatic carbocycles. The molecule has 0 unspecified atom stereocenters. The van der Waals surface area contributed by atoms with Gasteiger partial charge in [-0.2, -0.15) is 0 Å². The van der Waals surface area contributed by atoms with Gasteiger partial charge in [0.1, 0.15) is 12.4 Å². The number of carbonyl (C=O) groups is 2. The van der Waals surface area contributed by atoms with E-state index in [0.717, 1.165) is 40.0 Å². The fourth-order valence-electron chi connectivity index (χ4n) is 3.33. The molecule has 162 valence electrons. The molecule has 32 heavy (non-hydrogen) atoms. The zero-order valence-corrected chi connectivity index (χ0v) is 18.8. The quantitative estimate of drug-likeness (QED) is 0.426. The summed E-state index contributed by atoms with van der Waals surface area (Å²) in [6.45, 7) is 2.48. The summed E-state index contributed by atoms with van der Waals surface area (Å²) in [5.41, 5.74) is 4.15. The molecule has 0 spiro atoms. The molecular weight excluding hydrogens is 420 g/mol. The molecule has 5 nitrogen and oxygen atoms in total. The van der Waals surface area contributed by atoms with Crippen LogP contribution in [0.4, 0.5) is 16.2 Å². The highest BCUT2D eigenvalue weighted by molar-refractivity contribution is 8.18. The predicted molar refractivity (Wildman–Crippen MR) is 130 cm³/mol. The maximum absolute atomic E-state index is 12.7. The topological polar surface area (TPSA) is 49.9 Å². The molecule has 2 amide bonds. The second-order valence-electron chi connectivity index (χ2n) is 7.48. The Morgan fingerprint density at radius 3 is 2.25 bits per heavy atom. The lowest BCUT2D eigenvalue weighted by Gasteiger charge is -2.19. The van der Waals surface area contributed by atoms with Crippen LogP contribution in [0.2, 0.25) is 0 Å². The Bertz CT molecular complexity index is 1130. The largest absolute Gasteiger partial charge is 0.492 e. The lowest BCUT2D eigenvalue weighted by atomic mass is 10.1. The Kier molecular flexibility index (Phi) is 6.61. The molecule has 1 aliphatic rings. The third-order valence-electron chi connectivity index (χ3n) is 5.20. The molecule has 0 N–H and O–H groups in total. The lowest BCUT2D eigenvalue weighted by molar-refractivity contribution is -0.123. The zero-order chi connectivity index (χ0) is 22.5. The van der Waals surface area contributed by atoms with Gasteiger partial charge in [0.25, 0.3) is 11.1 Å². The molecule has 0 saturated carbocycles. The van der Waals surface area contributed by atoms with E-state index in [4.69, 9.17) is 4.74 Å². The molecule has 1 heterocycles. The zero-order valence-electron chi connectivity index (χ0n) is 18.0. The van der Waals surface area contributed by atoms with Crippen LogP contribution in [0.1, 0.15) is 11.1 Å². The number of benzene rings is 3. The highest BCUT2D eigenvalue weighted by Gasteiger charge is 2.34. The Hall–Kier alpha value is -3.51. The Morgan fingerprint density at radius 2 is 1.56 bits per heavy atom. The number of thioether (sulfide) groups is 1. The van der Waals surface area contributed by atoms with Crippen LogP contribution in [0.3, 0.4) is 0 Å². The van der Waals surface area contributed by atoms with Gasteiger partial charge in [-0.15, -0.1) is 0 Å². The Balaban J connectivity index is 1.38. The van der Waals surface area contributed by atoms with Gasteiger partial charge in [-0.05, 0) is 66.7 Å². The van der Waals surface area contributed by atoms with Crippen LogP contribution in [0.25, 0.3) is 6.08 Å². The van der Waals surface area contributed by atoms with Crippen LogP contribution < -0.4 is 9.64 Å². The number of imide groups is 1. The van der Waals surface area contributed by atoms with E-state index >= 15 is 0 Å². The van der Waals surface area contributed by atoms with E-state index in [1.165, 1.54) is 4.90 Å². The second kappa shape index (κ2) is 9.75. The lowest BCUT2D eigenvalue weighted by Crippen LogP contribution is -2.32. The number of hydrogen-bond acceptors (Lipinski definition) is 5. The summed E-state index contributed by atoms with van der Waals surface area (Å²) in [5.74, 6) is 0.441. The molecule has 0 bridgehead atoms. The van der Waals surface area contributed by atoms with E-state index in [9.17, 15) is 9.59 Å². The van der Waals surface area contributed by atoms with Crippen molar-refractivity contribution in [1.29, 1.82) is 0 Å². The highest BCUT2D eigenvalue weighted by Crippen LogP contribution is 2.32. The third-order valence-corrected chi connectivity index (χ3v) is 6.11. The van der Waals surface area contributed by atoms with Crippen molar-refractivity contribution in [3.8, 4) is 5.75 Å². The van der Waals surface area contributed by atoms with Crippen molar-refractivity contribution in [2.45, 2.75) is 6.92 Å². The van der Waals surface area contributed by atoms with E-state index < -0.39 is 0 Å². The predicted octanol–water partition coefficient (Wildman–Crippen LogP) is 5.88. The molecular formula is C26H24N2O3S. The van der Waals surface area contributed by atoms with Crippen LogP contribution >= 0.6 is 11.8 Å². The van der Waals surface area contributed by atoms with Crippen LogP contribution in [0, 0.1) is 6.92 Å². The van der Waals surface area contributed by atoms with Gasteiger partial charge < -0.3 is 9.64 Å². The summed E-state index contributed by atoms with van der Waals surface area (Å²) in [4.78, 5) is 28.8. The number of rotatable bonds is 7. The van der Waals surface area contributed by atoms with Gasteiger partial charge in [0.05, 0.1) is 11.4 Å². The fraction of sp³-hybridized carbons (Fsp3) is 0.154. The molecule has 0 aliphatic carbocycles. The van der Waals surface area contributed by atoms with Crippen LogP contribution in [0.5, 0.6) is 5.75 Å². The first-order chi connectivity index (χ1) is 15.5. The molecule has 0 aromatic heterocycles. The molecule has 4 rings (SSSR count). The average Bonchev–Trinajstić information content (AvgIpc) is 3.08. The van der Waals surface area contributed by atoms with Crippen molar-refractivity contribution in [3.63, 3.8) is 0 Å². The van der Waals surface area contributed by atoms with Gasteiger partial charge in [0.2, 0.25) is 0 Å². The first-order valence-electron chi connectivity index (χ1n) is 10.3. The van der Waals surface area contributed by atoms with Gasteiger partial charge in [-0.25, -0.2) is 0 Å². The summed E-state index contributed by atoms with van der Waals surface area (Å²) in [7, 11) is 2.01. The third kappa shape index (κ3) is 5.03. The minimum Gasteiger partial charge on any atom is -0.492 e. The van der Waals surface area contributed by atoms with Gasteiger partial charge in [-0.1, -0.05) is 48.0 Å². The van der Waals surface area contributed by atoms with Crippen molar-refractivity contribution < 1.29 is 14.3 Å². The van der Waals surface area contributed by atoms with Crippen LogP contribution in [0.15, 0.2) is 83.8 Å². The van der Waals surface area contributed by atoms with E-state index in [2.05, 4.69) is 4.90 Å². The number of carbonyl (C=O) groups excluding carboxylic acids is 2. The Morgan fingerprint density at radius 1 is 0.906 bits per heavy atom. The van der Waals surface area contributed by atoms with Gasteiger partial charge in [0.15, 0.2) is 0 Å². The van der Waals surface area contributed by atoms with Gasteiger partial charge in [-0.3, -0.25) is 14.5 Å².